The van der Waals surface area contributed by atoms with Gasteiger partial charge in [0.1, 0.15) is 5.75 Å². The predicted octanol–water partition coefficient (Wildman–Crippen LogP) is 3.18. The van der Waals surface area contributed by atoms with E-state index in [2.05, 4.69) is 32.2 Å². The Morgan fingerprint density at radius 3 is 2.62 bits per heavy atom. The van der Waals surface area contributed by atoms with Gasteiger partial charge in [0.05, 0.1) is 25.4 Å². The molecular formula is C17H29NO3. The van der Waals surface area contributed by atoms with E-state index in [1.54, 1.807) is 14.2 Å². The fourth-order valence-corrected chi connectivity index (χ4v) is 1.94. The Labute approximate surface area is 128 Å². The van der Waals surface area contributed by atoms with Crippen LogP contribution in [0.1, 0.15) is 38.9 Å². The van der Waals surface area contributed by atoms with Crippen molar-refractivity contribution in [2.75, 3.05) is 33.9 Å². The average molecular weight is 295 g/mol. The Bertz CT molecular complexity index is 407. The molecule has 0 aromatic heterocycles. The molecule has 0 aliphatic rings. The van der Waals surface area contributed by atoms with E-state index in [9.17, 15) is 0 Å². The number of likely N-dealkylation sites (N-methyl/N-ethyl adjacent to an activating group) is 1. The van der Waals surface area contributed by atoms with Gasteiger partial charge in [-0.1, -0.05) is 19.1 Å². The lowest BCUT2D eigenvalue weighted by molar-refractivity contribution is -0.0271. The molecule has 0 saturated heterocycles. The molecule has 0 heterocycles. The highest BCUT2D eigenvalue weighted by molar-refractivity contribution is 5.30. The Kier molecular flexibility index (Phi) is 7.72. The van der Waals surface area contributed by atoms with Gasteiger partial charge in [-0.2, -0.15) is 0 Å². The number of rotatable bonds is 10. The van der Waals surface area contributed by atoms with Gasteiger partial charge in [-0.3, -0.25) is 0 Å². The first-order chi connectivity index (χ1) is 10.0. The summed E-state index contributed by atoms with van der Waals surface area (Å²) in [6.07, 6.45) is 0.878. The van der Waals surface area contributed by atoms with Gasteiger partial charge in [0.15, 0.2) is 0 Å². The van der Waals surface area contributed by atoms with Crippen molar-refractivity contribution in [3.05, 3.63) is 29.8 Å². The third-order valence-electron chi connectivity index (χ3n) is 3.62. The summed E-state index contributed by atoms with van der Waals surface area (Å²) >= 11 is 0. The molecule has 1 aromatic carbocycles. The molecule has 1 rings (SSSR count). The molecule has 1 aromatic rings. The SMILES string of the molecule is CCNCC(OCCC(C)(C)OC)c1cccc(OC)c1. The normalized spacial score (nSPS) is 13.2. The van der Waals surface area contributed by atoms with Gasteiger partial charge >= 0.3 is 0 Å². The summed E-state index contributed by atoms with van der Waals surface area (Å²) < 4.78 is 16.8. The van der Waals surface area contributed by atoms with Crippen LogP contribution in [-0.4, -0.2) is 39.5 Å². The Morgan fingerprint density at radius 1 is 1.24 bits per heavy atom. The second kappa shape index (κ2) is 9.03. The highest BCUT2D eigenvalue weighted by Crippen LogP contribution is 2.23. The van der Waals surface area contributed by atoms with E-state index < -0.39 is 0 Å². The quantitative estimate of drug-likeness (QED) is 0.719. The number of hydrogen-bond acceptors (Lipinski definition) is 4. The van der Waals surface area contributed by atoms with E-state index in [0.717, 1.165) is 30.8 Å². The van der Waals surface area contributed by atoms with Crippen LogP contribution >= 0.6 is 0 Å². The van der Waals surface area contributed by atoms with Crippen LogP contribution < -0.4 is 10.1 Å². The summed E-state index contributed by atoms with van der Waals surface area (Å²) in [5.41, 5.74) is 0.974. The van der Waals surface area contributed by atoms with E-state index >= 15 is 0 Å². The van der Waals surface area contributed by atoms with Crippen molar-refractivity contribution >= 4 is 0 Å². The van der Waals surface area contributed by atoms with Crippen molar-refractivity contribution < 1.29 is 14.2 Å². The van der Waals surface area contributed by atoms with Crippen molar-refractivity contribution in [1.82, 2.24) is 5.32 Å². The molecule has 4 heteroatoms. The monoisotopic (exact) mass is 295 g/mol. The molecule has 0 spiro atoms. The Morgan fingerprint density at radius 2 is 2.00 bits per heavy atom. The van der Waals surface area contributed by atoms with Gasteiger partial charge in [0.2, 0.25) is 0 Å². The largest absolute Gasteiger partial charge is 0.497 e. The molecule has 1 N–H and O–H groups in total. The fourth-order valence-electron chi connectivity index (χ4n) is 1.94. The number of hydrogen-bond donors (Lipinski definition) is 1. The van der Waals surface area contributed by atoms with E-state index in [1.165, 1.54) is 0 Å². The summed E-state index contributed by atoms with van der Waals surface area (Å²) in [4.78, 5) is 0. The zero-order valence-corrected chi connectivity index (χ0v) is 13.9. The molecule has 1 unspecified atom stereocenters. The average Bonchev–Trinajstić information content (AvgIpc) is 2.50. The van der Waals surface area contributed by atoms with E-state index in [-0.39, 0.29) is 11.7 Å². The summed E-state index contributed by atoms with van der Waals surface area (Å²) in [5.74, 6) is 0.856. The molecule has 120 valence electrons. The minimum Gasteiger partial charge on any atom is -0.497 e. The summed E-state index contributed by atoms with van der Waals surface area (Å²) in [6.45, 7) is 8.61. The highest BCUT2D eigenvalue weighted by Gasteiger charge is 2.18. The summed E-state index contributed by atoms with van der Waals surface area (Å²) in [5, 5.41) is 3.35. The molecule has 0 amide bonds. The second-order valence-electron chi connectivity index (χ2n) is 5.66. The fraction of sp³-hybridized carbons (Fsp3) is 0.647. The smallest absolute Gasteiger partial charge is 0.119 e. The van der Waals surface area contributed by atoms with Crippen LogP contribution in [0, 0.1) is 0 Å². The van der Waals surface area contributed by atoms with Gasteiger partial charge in [0, 0.05) is 13.7 Å². The van der Waals surface area contributed by atoms with Crippen molar-refractivity contribution in [3.8, 4) is 5.75 Å². The summed E-state index contributed by atoms with van der Waals surface area (Å²) in [7, 11) is 3.42. The lowest BCUT2D eigenvalue weighted by Crippen LogP contribution is -2.27. The lowest BCUT2D eigenvalue weighted by atomic mass is 10.1. The van der Waals surface area contributed by atoms with Gasteiger partial charge in [-0.05, 0) is 44.5 Å². The number of benzene rings is 1. The van der Waals surface area contributed by atoms with Crippen molar-refractivity contribution in [1.29, 1.82) is 0 Å². The number of nitrogens with one attached hydrogen (secondary N) is 1. The standard InChI is InChI=1S/C17H29NO3/c1-6-18-13-16(21-11-10-17(2,3)20-5)14-8-7-9-15(12-14)19-4/h7-9,12,16,18H,6,10-11,13H2,1-5H3. The van der Waals surface area contributed by atoms with Gasteiger partial charge in [0.25, 0.3) is 0 Å². The molecule has 21 heavy (non-hydrogen) atoms. The second-order valence-corrected chi connectivity index (χ2v) is 5.66. The molecule has 0 aliphatic heterocycles. The number of ether oxygens (including phenoxy) is 3. The van der Waals surface area contributed by atoms with Crippen LogP contribution in [0.5, 0.6) is 5.75 Å². The zero-order valence-electron chi connectivity index (χ0n) is 13.9. The zero-order chi connectivity index (χ0) is 15.7. The first kappa shape index (κ1) is 18.0. The van der Waals surface area contributed by atoms with Crippen LogP contribution in [0.25, 0.3) is 0 Å². The molecule has 1 atom stereocenters. The van der Waals surface area contributed by atoms with Crippen LogP contribution in [0.15, 0.2) is 24.3 Å². The van der Waals surface area contributed by atoms with Crippen LogP contribution in [0.3, 0.4) is 0 Å². The molecule has 0 radical (unpaired) electrons. The van der Waals surface area contributed by atoms with Crippen molar-refractivity contribution in [3.63, 3.8) is 0 Å². The highest BCUT2D eigenvalue weighted by atomic mass is 16.5. The third kappa shape index (κ3) is 6.46. The maximum Gasteiger partial charge on any atom is 0.119 e. The Hall–Kier alpha value is -1.10. The first-order valence-electron chi connectivity index (χ1n) is 7.54. The van der Waals surface area contributed by atoms with Crippen molar-refractivity contribution in [2.45, 2.75) is 38.9 Å². The third-order valence-corrected chi connectivity index (χ3v) is 3.62. The molecule has 4 nitrogen and oxygen atoms in total. The molecule has 0 aliphatic carbocycles. The van der Waals surface area contributed by atoms with Gasteiger partial charge in [-0.15, -0.1) is 0 Å². The van der Waals surface area contributed by atoms with E-state index in [0.29, 0.717) is 6.61 Å². The molecule has 0 fully saturated rings. The maximum atomic E-state index is 6.07. The molecular weight excluding hydrogens is 266 g/mol. The van der Waals surface area contributed by atoms with E-state index in [4.69, 9.17) is 14.2 Å². The van der Waals surface area contributed by atoms with Crippen molar-refractivity contribution in [2.24, 2.45) is 0 Å². The van der Waals surface area contributed by atoms with E-state index in [1.807, 2.05) is 18.2 Å². The minimum absolute atomic E-state index is 0.0210. The Balaban J connectivity index is 2.66. The molecule has 0 saturated carbocycles. The molecule has 0 bridgehead atoms. The lowest BCUT2D eigenvalue weighted by Gasteiger charge is -2.25. The van der Waals surface area contributed by atoms with Gasteiger partial charge in [-0.25, -0.2) is 0 Å². The maximum absolute atomic E-state index is 6.07. The first-order valence-corrected chi connectivity index (χ1v) is 7.54. The summed E-state index contributed by atoms with van der Waals surface area (Å²) in [6, 6.07) is 8.05. The number of methoxy groups -OCH3 is 2. The van der Waals surface area contributed by atoms with Crippen LogP contribution in [-0.2, 0) is 9.47 Å². The topological polar surface area (TPSA) is 39.7 Å². The minimum atomic E-state index is -0.156. The van der Waals surface area contributed by atoms with Gasteiger partial charge < -0.3 is 19.5 Å². The van der Waals surface area contributed by atoms with Crippen LogP contribution in [0.4, 0.5) is 0 Å². The van der Waals surface area contributed by atoms with Crippen LogP contribution in [0.2, 0.25) is 0 Å². The predicted molar refractivity (Wildman–Crippen MR) is 85.9 cm³/mol.